The Balaban J connectivity index is 1.87. The molecule has 0 saturated heterocycles. The molecule has 2 aromatic heterocycles. The first-order valence-corrected chi connectivity index (χ1v) is 7.12. The van der Waals surface area contributed by atoms with Gasteiger partial charge in [0.15, 0.2) is 0 Å². The number of aromatic nitrogens is 3. The zero-order chi connectivity index (χ0) is 15.2. The Kier molecular flexibility index (Phi) is 4.88. The SMILES string of the molecule is CCOc1n[nH]c(NC(=O)CN(C)C(=O)c2cccs2)n1. The molecule has 0 aromatic carbocycles. The van der Waals surface area contributed by atoms with Gasteiger partial charge in [-0.15, -0.1) is 16.4 Å². The fourth-order valence-electron chi connectivity index (χ4n) is 1.54. The number of carbonyl (C=O) groups is 2. The maximum atomic E-state index is 12.0. The summed E-state index contributed by atoms with van der Waals surface area (Å²) in [4.78, 5) is 29.7. The molecule has 0 unspecified atom stereocenters. The number of carbonyl (C=O) groups excluding carboxylic acids is 2. The van der Waals surface area contributed by atoms with E-state index in [0.717, 1.165) is 0 Å². The normalized spacial score (nSPS) is 10.2. The van der Waals surface area contributed by atoms with E-state index in [1.54, 1.807) is 26.1 Å². The largest absolute Gasteiger partial charge is 0.463 e. The molecule has 0 aliphatic heterocycles. The van der Waals surface area contributed by atoms with E-state index in [9.17, 15) is 9.59 Å². The lowest BCUT2D eigenvalue weighted by molar-refractivity contribution is -0.116. The third kappa shape index (κ3) is 4.02. The van der Waals surface area contributed by atoms with E-state index < -0.39 is 0 Å². The lowest BCUT2D eigenvalue weighted by Crippen LogP contribution is -2.34. The van der Waals surface area contributed by atoms with E-state index in [1.165, 1.54) is 16.2 Å². The predicted octanol–water partition coefficient (Wildman–Crippen LogP) is 0.976. The van der Waals surface area contributed by atoms with Crippen molar-refractivity contribution in [1.82, 2.24) is 20.1 Å². The Hall–Kier alpha value is -2.42. The number of rotatable bonds is 6. The van der Waals surface area contributed by atoms with Crippen LogP contribution < -0.4 is 10.1 Å². The fourth-order valence-corrected chi connectivity index (χ4v) is 2.26. The average Bonchev–Trinajstić information content (AvgIpc) is 3.10. The molecule has 112 valence electrons. The van der Waals surface area contributed by atoms with Crippen LogP contribution in [-0.4, -0.2) is 52.1 Å². The van der Waals surface area contributed by atoms with Gasteiger partial charge in [-0.3, -0.25) is 14.9 Å². The number of hydrogen-bond acceptors (Lipinski definition) is 6. The highest BCUT2D eigenvalue weighted by molar-refractivity contribution is 7.12. The molecule has 2 amide bonds. The maximum absolute atomic E-state index is 12.0. The second kappa shape index (κ2) is 6.84. The Morgan fingerprint density at radius 2 is 2.33 bits per heavy atom. The number of aromatic amines is 1. The molecule has 2 aromatic rings. The van der Waals surface area contributed by atoms with Gasteiger partial charge >= 0.3 is 6.01 Å². The van der Waals surface area contributed by atoms with Crippen molar-refractivity contribution in [1.29, 1.82) is 0 Å². The Morgan fingerprint density at radius 3 is 3.00 bits per heavy atom. The van der Waals surface area contributed by atoms with Crippen LogP contribution in [-0.2, 0) is 4.79 Å². The number of anilines is 1. The molecule has 0 aliphatic rings. The summed E-state index contributed by atoms with van der Waals surface area (Å²) in [5.41, 5.74) is 0. The smallest absolute Gasteiger partial charge is 0.337 e. The van der Waals surface area contributed by atoms with Gasteiger partial charge in [-0.2, -0.15) is 4.98 Å². The minimum Gasteiger partial charge on any atom is -0.463 e. The zero-order valence-corrected chi connectivity index (χ0v) is 12.4. The van der Waals surface area contributed by atoms with Gasteiger partial charge in [-0.05, 0) is 18.4 Å². The summed E-state index contributed by atoms with van der Waals surface area (Å²) in [7, 11) is 1.56. The summed E-state index contributed by atoms with van der Waals surface area (Å²) in [5, 5.41) is 10.6. The minimum absolute atomic E-state index is 0.0819. The number of likely N-dealkylation sites (N-methyl/N-ethyl adjacent to an activating group) is 1. The number of H-pyrrole nitrogens is 1. The van der Waals surface area contributed by atoms with Gasteiger partial charge in [-0.25, -0.2) is 5.10 Å². The number of thiophene rings is 1. The molecule has 2 heterocycles. The average molecular weight is 309 g/mol. The zero-order valence-electron chi connectivity index (χ0n) is 11.6. The van der Waals surface area contributed by atoms with E-state index in [0.29, 0.717) is 11.5 Å². The van der Waals surface area contributed by atoms with Gasteiger partial charge in [0.05, 0.1) is 18.0 Å². The molecule has 2 rings (SSSR count). The van der Waals surface area contributed by atoms with Gasteiger partial charge in [0.2, 0.25) is 11.9 Å². The highest BCUT2D eigenvalue weighted by Gasteiger charge is 2.16. The van der Waals surface area contributed by atoms with Gasteiger partial charge in [0, 0.05) is 7.05 Å². The van der Waals surface area contributed by atoms with Crippen LogP contribution >= 0.6 is 11.3 Å². The number of hydrogen-bond donors (Lipinski definition) is 2. The fraction of sp³-hybridized carbons (Fsp3) is 0.333. The molecule has 0 fully saturated rings. The van der Waals surface area contributed by atoms with Crippen LogP contribution in [0.1, 0.15) is 16.6 Å². The molecule has 8 nitrogen and oxygen atoms in total. The molecule has 9 heteroatoms. The molecule has 21 heavy (non-hydrogen) atoms. The van der Waals surface area contributed by atoms with Crippen molar-refractivity contribution >= 4 is 29.1 Å². The lowest BCUT2D eigenvalue weighted by atomic mass is 10.4. The minimum atomic E-state index is -0.374. The van der Waals surface area contributed by atoms with E-state index in [1.807, 2.05) is 5.38 Å². The van der Waals surface area contributed by atoms with E-state index >= 15 is 0 Å². The first-order valence-electron chi connectivity index (χ1n) is 6.24. The van der Waals surface area contributed by atoms with Crippen LogP contribution in [0.25, 0.3) is 0 Å². The third-order valence-electron chi connectivity index (χ3n) is 2.46. The standard InChI is InChI=1S/C12H15N5O3S/c1-3-20-12-14-11(15-16-12)13-9(18)7-17(2)10(19)8-5-4-6-21-8/h4-6H,3,7H2,1-2H3,(H2,13,14,15,16,18). The van der Waals surface area contributed by atoms with E-state index in [2.05, 4.69) is 20.5 Å². The number of amides is 2. The first-order chi connectivity index (χ1) is 10.1. The van der Waals surface area contributed by atoms with Gasteiger partial charge in [0.1, 0.15) is 0 Å². The molecule has 0 aliphatic carbocycles. The van der Waals surface area contributed by atoms with Gasteiger partial charge in [0.25, 0.3) is 5.91 Å². The Labute approximate surface area is 125 Å². The Bertz CT molecular complexity index is 610. The molecule has 2 N–H and O–H groups in total. The summed E-state index contributed by atoms with van der Waals surface area (Å²) in [6, 6.07) is 3.66. The highest BCUT2D eigenvalue weighted by atomic mass is 32.1. The number of nitrogens with one attached hydrogen (secondary N) is 2. The van der Waals surface area contributed by atoms with Crippen molar-refractivity contribution in [3.8, 4) is 6.01 Å². The Morgan fingerprint density at radius 1 is 1.52 bits per heavy atom. The highest BCUT2D eigenvalue weighted by Crippen LogP contribution is 2.11. The van der Waals surface area contributed by atoms with Crippen molar-refractivity contribution in [3.05, 3.63) is 22.4 Å². The van der Waals surface area contributed by atoms with Crippen molar-refractivity contribution in [2.24, 2.45) is 0 Å². The lowest BCUT2D eigenvalue weighted by Gasteiger charge is -2.14. The van der Waals surface area contributed by atoms with Crippen LogP contribution in [0.2, 0.25) is 0 Å². The third-order valence-corrected chi connectivity index (χ3v) is 3.31. The van der Waals surface area contributed by atoms with Crippen LogP contribution in [0.5, 0.6) is 6.01 Å². The quantitative estimate of drug-likeness (QED) is 0.828. The molecule has 0 spiro atoms. The van der Waals surface area contributed by atoms with Crippen molar-refractivity contribution in [2.45, 2.75) is 6.92 Å². The number of nitrogens with zero attached hydrogens (tertiary/aromatic N) is 3. The van der Waals surface area contributed by atoms with Crippen LogP contribution in [0.15, 0.2) is 17.5 Å². The second-order valence-corrected chi connectivity index (χ2v) is 5.03. The van der Waals surface area contributed by atoms with Crippen LogP contribution in [0, 0.1) is 0 Å². The molecule has 0 bridgehead atoms. The molecule has 0 radical (unpaired) electrons. The van der Waals surface area contributed by atoms with Crippen molar-refractivity contribution < 1.29 is 14.3 Å². The molecule has 0 saturated carbocycles. The maximum Gasteiger partial charge on any atom is 0.337 e. The molecular weight excluding hydrogens is 294 g/mol. The van der Waals surface area contributed by atoms with Crippen LogP contribution in [0.4, 0.5) is 5.95 Å². The summed E-state index contributed by atoms with van der Waals surface area (Å²) in [5.74, 6) is -0.394. The monoisotopic (exact) mass is 309 g/mol. The molecular formula is C12H15N5O3S. The molecule has 0 atom stereocenters. The first kappa shape index (κ1) is 15.0. The number of ether oxygens (including phenoxy) is 1. The topological polar surface area (TPSA) is 100 Å². The second-order valence-electron chi connectivity index (χ2n) is 4.09. The summed E-state index contributed by atoms with van der Waals surface area (Å²) >= 11 is 1.33. The predicted molar refractivity (Wildman–Crippen MR) is 77.5 cm³/mol. The van der Waals surface area contributed by atoms with Gasteiger partial charge in [-0.1, -0.05) is 6.07 Å². The van der Waals surface area contributed by atoms with Crippen LogP contribution in [0.3, 0.4) is 0 Å². The van der Waals surface area contributed by atoms with Gasteiger partial charge < -0.3 is 9.64 Å². The van der Waals surface area contributed by atoms with E-state index in [4.69, 9.17) is 4.74 Å². The van der Waals surface area contributed by atoms with Crippen molar-refractivity contribution in [2.75, 3.05) is 25.5 Å². The van der Waals surface area contributed by atoms with E-state index in [-0.39, 0.29) is 30.3 Å². The summed E-state index contributed by atoms with van der Waals surface area (Å²) < 4.78 is 5.07. The van der Waals surface area contributed by atoms with Crippen molar-refractivity contribution in [3.63, 3.8) is 0 Å². The summed E-state index contributed by atoms with van der Waals surface area (Å²) in [6.45, 7) is 2.16. The summed E-state index contributed by atoms with van der Waals surface area (Å²) in [6.07, 6.45) is 0.